The van der Waals surface area contributed by atoms with Crippen LogP contribution in [0.25, 0.3) is 11.3 Å². The van der Waals surface area contributed by atoms with Crippen molar-refractivity contribution in [2.75, 3.05) is 0 Å². The smallest absolute Gasteiger partial charge is 0.270 e. The number of aromatic nitrogens is 1. The predicted molar refractivity (Wildman–Crippen MR) is 118 cm³/mol. The van der Waals surface area contributed by atoms with Gasteiger partial charge in [0.2, 0.25) is 0 Å². The number of thiazole rings is 1. The summed E-state index contributed by atoms with van der Waals surface area (Å²) >= 11 is 1.48. The molecule has 0 radical (unpaired) electrons. The number of rotatable bonds is 5. The van der Waals surface area contributed by atoms with Gasteiger partial charge in [0, 0.05) is 30.1 Å². The molecular formula is C22H17N5O2S. The van der Waals surface area contributed by atoms with Crippen LogP contribution in [0.3, 0.4) is 0 Å². The summed E-state index contributed by atoms with van der Waals surface area (Å²) < 4.78 is 1.92. The topological polar surface area (TPSA) is 85.1 Å². The fourth-order valence-corrected chi connectivity index (χ4v) is 3.75. The van der Waals surface area contributed by atoms with E-state index in [-0.39, 0.29) is 5.69 Å². The van der Waals surface area contributed by atoms with E-state index < -0.39 is 4.92 Å². The molecule has 1 heterocycles. The van der Waals surface area contributed by atoms with E-state index in [0.29, 0.717) is 0 Å². The zero-order chi connectivity index (χ0) is 20.9. The molecule has 0 aliphatic heterocycles. The van der Waals surface area contributed by atoms with Crippen molar-refractivity contribution in [2.45, 2.75) is 0 Å². The molecule has 0 unspecified atom stereocenters. The van der Waals surface area contributed by atoms with Crippen LogP contribution in [0.15, 0.2) is 99.5 Å². The molecule has 0 aliphatic carbocycles. The number of benzene rings is 3. The molecule has 0 bridgehead atoms. The van der Waals surface area contributed by atoms with Crippen molar-refractivity contribution in [2.24, 2.45) is 22.3 Å². The van der Waals surface area contributed by atoms with Crippen LogP contribution in [-0.2, 0) is 7.05 Å². The number of nitro benzene ring substituents is 1. The molecule has 0 spiro atoms. The maximum Gasteiger partial charge on any atom is 0.270 e. The van der Waals surface area contributed by atoms with Crippen LogP contribution in [-0.4, -0.2) is 9.49 Å². The molecule has 3 aromatic carbocycles. The summed E-state index contributed by atoms with van der Waals surface area (Å²) in [5, 5.41) is 21.4. The van der Waals surface area contributed by atoms with Gasteiger partial charge >= 0.3 is 0 Å². The summed E-state index contributed by atoms with van der Waals surface area (Å²) in [7, 11) is 1.89. The van der Waals surface area contributed by atoms with Gasteiger partial charge < -0.3 is 4.57 Å². The number of hydrogen-bond donors (Lipinski definition) is 0. The fraction of sp³-hybridized carbons (Fsp3) is 0.0455. The molecule has 0 N–H and O–H groups in total. The highest BCUT2D eigenvalue weighted by molar-refractivity contribution is 7.07. The first-order valence-electron chi connectivity index (χ1n) is 9.11. The second-order valence-corrected chi connectivity index (χ2v) is 7.27. The third-order valence-corrected chi connectivity index (χ3v) is 5.31. The molecule has 8 heteroatoms. The molecule has 0 atom stereocenters. The summed E-state index contributed by atoms with van der Waals surface area (Å²) in [4.78, 5) is 16.1. The molecule has 0 aliphatic rings. The third kappa shape index (κ3) is 4.39. The zero-order valence-electron chi connectivity index (χ0n) is 16.0. The van der Waals surface area contributed by atoms with Gasteiger partial charge in [-0.25, -0.2) is 4.99 Å². The minimum atomic E-state index is -0.391. The van der Waals surface area contributed by atoms with Gasteiger partial charge in [0.25, 0.3) is 5.69 Å². The molecule has 0 fully saturated rings. The first kappa shape index (κ1) is 19.4. The van der Waals surface area contributed by atoms with Gasteiger partial charge in [0.1, 0.15) is 0 Å². The van der Waals surface area contributed by atoms with Crippen LogP contribution in [0.2, 0.25) is 0 Å². The molecule has 148 valence electrons. The first-order valence-corrected chi connectivity index (χ1v) is 9.99. The molecular weight excluding hydrogens is 398 g/mol. The highest BCUT2D eigenvalue weighted by Gasteiger charge is 2.10. The number of nitrogens with zero attached hydrogens (tertiary/aromatic N) is 5. The monoisotopic (exact) mass is 415 g/mol. The Morgan fingerprint density at radius 3 is 2.23 bits per heavy atom. The average molecular weight is 415 g/mol. The van der Waals surface area contributed by atoms with Crippen LogP contribution in [0.5, 0.6) is 0 Å². The van der Waals surface area contributed by atoms with E-state index in [0.717, 1.165) is 33.1 Å². The van der Waals surface area contributed by atoms with Crippen molar-refractivity contribution in [3.8, 4) is 11.3 Å². The number of azo groups is 1. The summed E-state index contributed by atoms with van der Waals surface area (Å²) in [6.45, 7) is 0. The van der Waals surface area contributed by atoms with E-state index in [1.165, 1.54) is 17.4 Å². The molecule has 4 aromatic rings. The summed E-state index contributed by atoms with van der Waals surface area (Å²) in [5.74, 6) is 0. The maximum absolute atomic E-state index is 11.0. The van der Waals surface area contributed by atoms with Crippen molar-refractivity contribution in [3.05, 3.63) is 99.2 Å². The van der Waals surface area contributed by atoms with Crippen LogP contribution in [0, 0.1) is 10.1 Å². The number of non-ortho nitro benzene ring substituents is 1. The molecule has 4 rings (SSSR count). The lowest BCUT2D eigenvalue weighted by atomic mass is 10.1. The van der Waals surface area contributed by atoms with E-state index >= 15 is 0 Å². The minimum Gasteiger partial charge on any atom is -0.320 e. The van der Waals surface area contributed by atoms with Gasteiger partial charge in [-0.3, -0.25) is 10.1 Å². The van der Waals surface area contributed by atoms with E-state index in [9.17, 15) is 10.1 Å². The Hall–Kier alpha value is -3.91. The van der Waals surface area contributed by atoms with Gasteiger partial charge in [-0.05, 0) is 36.4 Å². The zero-order valence-corrected chi connectivity index (χ0v) is 16.9. The van der Waals surface area contributed by atoms with Crippen LogP contribution in [0.4, 0.5) is 22.7 Å². The van der Waals surface area contributed by atoms with E-state index in [1.807, 2.05) is 77.7 Å². The SMILES string of the molecule is Cn1c(-c2cccc([N+](=O)[O-])c2)csc1=Nc1ccc(N=Nc2ccccc2)cc1. The Balaban J connectivity index is 1.58. The largest absolute Gasteiger partial charge is 0.320 e. The maximum atomic E-state index is 11.0. The van der Waals surface area contributed by atoms with Gasteiger partial charge in [-0.2, -0.15) is 10.2 Å². The average Bonchev–Trinajstić information content (AvgIpc) is 3.14. The molecule has 0 saturated heterocycles. The molecule has 1 aromatic heterocycles. The van der Waals surface area contributed by atoms with Gasteiger partial charge in [-0.15, -0.1) is 11.3 Å². The van der Waals surface area contributed by atoms with Gasteiger partial charge in [0.15, 0.2) is 4.80 Å². The Morgan fingerprint density at radius 2 is 1.53 bits per heavy atom. The summed E-state index contributed by atoms with van der Waals surface area (Å²) in [6.07, 6.45) is 0. The Bertz CT molecular complexity index is 1270. The predicted octanol–water partition coefficient (Wildman–Crippen LogP) is 6.31. The van der Waals surface area contributed by atoms with E-state index in [1.54, 1.807) is 12.1 Å². The number of hydrogen-bond acceptors (Lipinski definition) is 6. The Kier molecular flexibility index (Phi) is 5.58. The van der Waals surface area contributed by atoms with Crippen LogP contribution in [0.1, 0.15) is 0 Å². The fourth-order valence-electron chi connectivity index (χ4n) is 2.83. The van der Waals surface area contributed by atoms with Gasteiger partial charge in [-0.1, -0.05) is 30.3 Å². The summed E-state index contributed by atoms with van der Waals surface area (Å²) in [6, 6.07) is 23.6. The lowest BCUT2D eigenvalue weighted by Crippen LogP contribution is -2.10. The second kappa shape index (κ2) is 8.62. The van der Waals surface area contributed by atoms with Gasteiger partial charge in [0.05, 0.1) is 27.7 Å². The van der Waals surface area contributed by atoms with Crippen molar-refractivity contribution < 1.29 is 4.92 Å². The van der Waals surface area contributed by atoms with Crippen molar-refractivity contribution in [3.63, 3.8) is 0 Å². The van der Waals surface area contributed by atoms with Crippen molar-refractivity contribution in [1.82, 2.24) is 4.57 Å². The quantitative estimate of drug-likeness (QED) is 0.217. The standard InChI is InChI=1S/C22H17N5O2S/c1-26-21(16-6-5-9-20(14-16)27(28)29)15-30-22(26)23-17-10-12-19(13-11-17)25-24-18-7-3-2-4-8-18/h2-15H,1H3. The normalized spacial score (nSPS) is 11.8. The van der Waals surface area contributed by atoms with Crippen LogP contribution < -0.4 is 4.80 Å². The lowest BCUT2D eigenvalue weighted by molar-refractivity contribution is -0.384. The minimum absolute atomic E-state index is 0.0671. The molecule has 30 heavy (non-hydrogen) atoms. The Morgan fingerprint density at radius 1 is 0.867 bits per heavy atom. The second-order valence-electron chi connectivity index (χ2n) is 6.43. The third-order valence-electron chi connectivity index (χ3n) is 4.39. The van der Waals surface area contributed by atoms with E-state index in [4.69, 9.17) is 0 Å². The summed E-state index contributed by atoms with van der Waals surface area (Å²) in [5.41, 5.74) is 4.04. The Labute approximate surface area is 176 Å². The number of nitro groups is 1. The highest BCUT2D eigenvalue weighted by atomic mass is 32.1. The first-order chi connectivity index (χ1) is 14.6. The molecule has 7 nitrogen and oxygen atoms in total. The molecule has 0 amide bonds. The van der Waals surface area contributed by atoms with Crippen LogP contribution >= 0.6 is 11.3 Å². The molecule has 0 saturated carbocycles. The van der Waals surface area contributed by atoms with Crippen molar-refractivity contribution >= 4 is 34.1 Å². The lowest BCUT2D eigenvalue weighted by Gasteiger charge is -2.03. The van der Waals surface area contributed by atoms with E-state index in [2.05, 4.69) is 15.2 Å². The highest BCUT2D eigenvalue weighted by Crippen LogP contribution is 2.25. The van der Waals surface area contributed by atoms with Crippen molar-refractivity contribution in [1.29, 1.82) is 0 Å².